The highest BCUT2D eigenvalue weighted by atomic mass is 32.2. The summed E-state index contributed by atoms with van der Waals surface area (Å²) in [6.45, 7) is 5.99. The van der Waals surface area contributed by atoms with Gasteiger partial charge in [-0.25, -0.2) is 17.5 Å². The molecule has 5 aromatic rings. The molecule has 0 spiro atoms. The molecule has 0 radical (unpaired) electrons. The summed E-state index contributed by atoms with van der Waals surface area (Å²) in [5.41, 5.74) is 8.82. The summed E-state index contributed by atoms with van der Waals surface area (Å²) in [6, 6.07) is 9.81. The van der Waals surface area contributed by atoms with Crippen molar-refractivity contribution in [3.8, 4) is 11.5 Å². The Morgan fingerprint density at radius 3 is 2.57 bits per heavy atom. The zero-order chi connectivity index (χ0) is 28.8. The van der Waals surface area contributed by atoms with Crippen molar-refractivity contribution in [1.82, 2.24) is 38.9 Å². The second kappa shape index (κ2) is 10.7. The lowest BCUT2D eigenvalue weighted by atomic mass is 10.2. The zero-order valence-corrected chi connectivity index (χ0v) is 23.7. The van der Waals surface area contributed by atoms with Crippen LogP contribution in [0.2, 0.25) is 0 Å². The molecule has 2 fully saturated rings. The average Bonchev–Trinajstić information content (AvgIpc) is 3.77. The molecule has 0 bridgehead atoms. The van der Waals surface area contributed by atoms with Gasteiger partial charge in [0.15, 0.2) is 11.4 Å². The first-order chi connectivity index (χ1) is 20.4. The molecule has 0 aliphatic carbocycles. The fourth-order valence-electron chi connectivity index (χ4n) is 5.68. The van der Waals surface area contributed by atoms with Gasteiger partial charge >= 0.3 is 0 Å². The molecule has 15 heteroatoms. The van der Waals surface area contributed by atoms with E-state index in [-0.39, 0.29) is 10.8 Å². The second-order valence-corrected chi connectivity index (χ2v) is 12.4. The maximum atomic E-state index is 15.1. The number of nitrogens with two attached hydrogens (primary N) is 1. The van der Waals surface area contributed by atoms with Gasteiger partial charge in [-0.05, 0) is 36.4 Å². The van der Waals surface area contributed by atoms with Crippen LogP contribution in [0.4, 0.5) is 16.0 Å². The molecule has 42 heavy (non-hydrogen) atoms. The van der Waals surface area contributed by atoms with Gasteiger partial charge in [-0.3, -0.25) is 4.90 Å². The summed E-state index contributed by atoms with van der Waals surface area (Å²) < 4.78 is 51.3. The number of sulfonamides is 1. The molecular formula is C27H31FN10O3S. The topological polar surface area (TPSA) is 143 Å². The molecule has 0 amide bonds. The van der Waals surface area contributed by atoms with Crippen molar-refractivity contribution >= 4 is 38.2 Å². The minimum absolute atomic E-state index is 0.00428. The Morgan fingerprint density at radius 1 is 1.02 bits per heavy atom. The molecule has 1 aromatic carbocycles. The largest absolute Gasteiger partial charge is 0.463 e. The van der Waals surface area contributed by atoms with Crippen molar-refractivity contribution in [3.05, 3.63) is 54.7 Å². The molecule has 220 valence electrons. The Bertz CT molecular complexity index is 1840. The summed E-state index contributed by atoms with van der Waals surface area (Å²) in [7, 11) is -3.71. The molecular weight excluding hydrogens is 563 g/mol. The average molecular weight is 595 g/mol. The van der Waals surface area contributed by atoms with Gasteiger partial charge in [0.2, 0.25) is 16.0 Å². The van der Waals surface area contributed by atoms with Crippen LogP contribution >= 0.6 is 0 Å². The maximum absolute atomic E-state index is 15.1. The molecule has 0 saturated carbocycles. The quantitative estimate of drug-likeness (QED) is 0.284. The highest BCUT2D eigenvalue weighted by Crippen LogP contribution is 2.28. The van der Waals surface area contributed by atoms with Gasteiger partial charge in [-0.2, -0.15) is 24.0 Å². The van der Waals surface area contributed by atoms with Crippen LogP contribution in [-0.4, -0.2) is 101 Å². The van der Waals surface area contributed by atoms with Gasteiger partial charge in [0, 0.05) is 58.9 Å². The number of piperazine rings is 2. The van der Waals surface area contributed by atoms with E-state index in [1.54, 1.807) is 23.0 Å². The molecule has 4 aromatic heterocycles. The number of anilines is 2. The van der Waals surface area contributed by atoms with Crippen molar-refractivity contribution in [1.29, 1.82) is 0 Å². The van der Waals surface area contributed by atoms with Crippen LogP contribution in [0.1, 0.15) is 0 Å². The number of nitrogen functional groups attached to an aromatic ring is 1. The fraction of sp³-hybridized carbons (Fsp3) is 0.370. The van der Waals surface area contributed by atoms with Gasteiger partial charge in [0.1, 0.15) is 11.5 Å². The van der Waals surface area contributed by atoms with Crippen LogP contribution in [0, 0.1) is 5.82 Å². The van der Waals surface area contributed by atoms with Crippen LogP contribution in [0.25, 0.3) is 28.0 Å². The molecule has 0 atom stereocenters. The van der Waals surface area contributed by atoms with Crippen LogP contribution in [0.3, 0.4) is 0 Å². The van der Waals surface area contributed by atoms with Gasteiger partial charge in [0.25, 0.3) is 0 Å². The van der Waals surface area contributed by atoms with E-state index >= 15 is 4.39 Å². The molecule has 3 N–H and O–H groups in total. The molecule has 2 aliphatic rings. The Morgan fingerprint density at radius 2 is 1.83 bits per heavy atom. The predicted molar refractivity (Wildman–Crippen MR) is 155 cm³/mol. The van der Waals surface area contributed by atoms with E-state index in [0.717, 1.165) is 36.6 Å². The highest BCUT2D eigenvalue weighted by molar-refractivity contribution is 7.89. The number of furan rings is 1. The lowest BCUT2D eigenvalue weighted by molar-refractivity contribution is 0.245. The first-order valence-corrected chi connectivity index (χ1v) is 15.3. The maximum Gasteiger partial charge on any atom is 0.243 e. The summed E-state index contributed by atoms with van der Waals surface area (Å²) >= 11 is 0. The van der Waals surface area contributed by atoms with Crippen molar-refractivity contribution < 1.29 is 17.2 Å². The third-order valence-electron chi connectivity index (χ3n) is 7.98. The minimum Gasteiger partial charge on any atom is -0.463 e. The van der Waals surface area contributed by atoms with E-state index in [4.69, 9.17) is 10.2 Å². The van der Waals surface area contributed by atoms with E-state index in [1.807, 2.05) is 27.8 Å². The monoisotopic (exact) mass is 594 g/mol. The summed E-state index contributed by atoms with van der Waals surface area (Å²) in [6.07, 6.45) is 3.38. The fourth-order valence-corrected chi connectivity index (χ4v) is 7.13. The Kier molecular flexibility index (Phi) is 6.80. The van der Waals surface area contributed by atoms with Crippen molar-refractivity contribution in [3.63, 3.8) is 0 Å². The summed E-state index contributed by atoms with van der Waals surface area (Å²) in [5, 5.41) is 13.1. The Labute approximate surface area is 241 Å². The highest BCUT2D eigenvalue weighted by Gasteiger charge is 2.28. The predicted octanol–water partition coefficient (Wildman–Crippen LogP) is 1.48. The second-order valence-electron chi connectivity index (χ2n) is 10.5. The number of halogens is 1. The lowest BCUT2D eigenvalue weighted by Crippen LogP contribution is -2.47. The first-order valence-electron chi connectivity index (χ1n) is 13.9. The van der Waals surface area contributed by atoms with Crippen LogP contribution in [-0.2, 0) is 16.6 Å². The van der Waals surface area contributed by atoms with Crippen LogP contribution < -0.4 is 16.0 Å². The van der Waals surface area contributed by atoms with E-state index in [9.17, 15) is 8.42 Å². The third-order valence-corrected chi connectivity index (χ3v) is 9.88. The van der Waals surface area contributed by atoms with E-state index in [1.165, 1.54) is 10.4 Å². The normalized spacial score (nSPS) is 17.5. The van der Waals surface area contributed by atoms with Gasteiger partial charge in [-0.15, -0.1) is 0 Å². The zero-order valence-electron chi connectivity index (χ0n) is 22.9. The Hall–Kier alpha value is -4.05. The number of hydrogen-bond acceptors (Lipinski definition) is 10. The first kappa shape index (κ1) is 26.8. The molecule has 7 rings (SSSR count). The van der Waals surface area contributed by atoms with Gasteiger partial charge in [0.05, 0.1) is 40.5 Å². The standard InChI is InChI=1S/C27H31FN10O3S/c28-21-16-19(42(39,40)36-7-5-30-6-8-36)3-4-23(21)35-12-9-34(10-13-35)11-14-37-26-20(18-31-37)24-17-22(25-2-1-15-41-25)33-38(24)27(29)32-26/h1-4,15-18,30H,5-14H2,(H2,29,32). The number of hydrogen-bond donors (Lipinski definition) is 2. The van der Waals surface area contributed by atoms with E-state index < -0.39 is 15.8 Å². The molecule has 13 nitrogen and oxygen atoms in total. The van der Waals surface area contributed by atoms with Crippen molar-refractivity contribution in [2.45, 2.75) is 11.4 Å². The van der Waals surface area contributed by atoms with Crippen molar-refractivity contribution in [2.24, 2.45) is 0 Å². The van der Waals surface area contributed by atoms with Crippen LogP contribution in [0.5, 0.6) is 0 Å². The number of rotatable bonds is 7. The lowest BCUT2D eigenvalue weighted by Gasteiger charge is -2.36. The van der Waals surface area contributed by atoms with E-state index in [2.05, 4.69) is 25.4 Å². The number of benzene rings is 1. The van der Waals surface area contributed by atoms with Gasteiger partial charge in [-0.1, -0.05) is 0 Å². The molecule has 6 heterocycles. The minimum atomic E-state index is -3.71. The summed E-state index contributed by atoms with van der Waals surface area (Å²) in [5.74, 6) is 0.390. The number of aromatic nitrogens is 5. The third kappa shape index (κ3) is 4.77. The number of nitrogens with one attached hydrogen (secondary N) is 1. The Balaban J connectivity index is 1.00. The smallest absolute Gasteiger partial charge is 0.243 e. The van der Waals surface area contributed by atoms with E-state index in [0.29, 0.717) is 68.6 Å². The summed E-state index contributed by atoms with van der Waals surface area (Å²) in [4.78, 5) is 8.82. The van der Waals surface area contributed by atoms with Crippen LogP contribution in [0.15, 0.2) is 58.2 Å². The molecule has 2 saturated heterocycles. The molecule has 0 unspecified atom stereocenters. The number of fused-ring (bicyclic) bond motifs is 3. The molecule has 2 aliphatic heterocycles. The number of nitrogens with zero attached hydrogens (tertiary/aromatic N) is 8. The SMILES string of the molecule is Nc1nc2c(cnn2CCN2CCN(c3ccc(S(=O)(=O)N4CCNCC4)cc3F)CC2)c2cc(-c3ccco3)nn12. The van der Waals surface area contributed by atoms with Gasteiger partial charge < -0.3 is 20.4 Å². The van der Waals surface area contributed by atoms with Crippen molar-refractivity contribution in [2.75, 3.05) is 69.5 Å².